The van der Waals surface area contributed by atoms with E-state index in [9.17, 15) is 0 Å². The molecule has 0 saturated carbocycles. The van der Waals surface area contributed by atoms with Crippen LogP contribution in [0.25, 0.3) is 11.0 Å². The molecule has 2 heterocycles. The van der Waals surface area contributed by atoms with Crippen LogP contribution < -0.4 is 15.0 Å². The third-order valence-electron chi connectivity index (χ3n) is 6.57. The number of aryl methyl sites for hydroxylation is 1. The maximum atomic E-state index is 5.69. The highest BCUT2D eigenvalue weighted by atomic mass is 32.1. The lowest BCUT2D eigenvalue weighted by atomic mass is 10.1. The first-order chi connectivity index (χ1) is 17.0. The molecule has 0 fully saturated rings. The summed E-state index contributed by atoms with van der Waals surface area (Å²) in [5.41, 5.74) is 6.72. The third-order valence-corrected chi connectivity index (χ3v) is 6.95. The Morgan fingerprint density at radius 3 is 2.74 bits per heavy atom. The molecule has 1 aromatic heterocycles. The van der Waals surface area contributed by atoms with E-state index in [1.165, 1.54) is 11.1 Å². The zero-order chi connectivity index (χ0) is 24.4. The minimum absolute atomic E-state index is 0.629. The second-order valence-corrected chi connectivity index (χ2v) is 9.99. The van der Waals surface area contributed by atoms with Gasteiger partial charge in [0, 0.05) is 37.8 Å². The fraction of sp³-hybridized carbons (Fsp3) is 0.310. The van der Waals surface area contributed by atoms with Crippen molar-refractivity contribution in [1.82, 2.24) is 9.55 Å². The SMILES string of the molecule is CC(C)CCn1c(Cc2ccc3c(c2)CCO3)nc2cc(NC(=S)N(C)c3ccccc3)ccc21. The van der Waals surface area contributed by atoms with Crippen molar-refractivity contribution in [3.05, 3.63) is 83.7 Å². The summed E-state index contributed by atoms with van der Waals surface area (Å²) in [5, 5.41) is 4.03. The molecule has 0 aliphatic carbocycles. The number of anilines is 2. The van der Waals surface area contributed by atoms with E-state index in [1.54, 1.807) is 0 Å². The van der Waals surface area contributed by atoms with Crippen molar-refractivity contribution in [2.75, 3.05) is 23.9 Å². The second-order valence-electron chi connectivity index (χ2n) is 9.61. The maximum Gasteiger partial charge on any atom is 0.177 e. The summed E-state index contributed by atoms with van der Waals surface area (Å²) in [6.45, 7) is 6.28. The van der Waals surface area contributed by atoms with Crippen molar-refractivity contribution >= 4 is 39.7 Å². The monoisotopic (exact) mass is 484 g/mol. The summed E-state index contributed by atoms with van der Waals surface area (Å²) < 4.78 is 8.07. The van der Waals surface area contributed by atoms with Crippen LogP contribution in [0.5, 0.6) is 5.75 Å². The molecule has 1 aliphatic rings. The highest BCUT2D eigenvalue weighted by Crippen LogP contribution is 2.28. The van der Waals surface area contributed by atoms with Crippen molar-refractivity contribution < 1.29 is 4.74 Å². The Hall–Kier alpha value is -3.38. The molecule has 35 heavy (non-hydrogen) atoms. The zero-order valence-electron chi connectivity index (χ0n) is 20.6. The van der Waals surface area contributed by atoms with Gasteiger partial charge in [-0.2, -0.15) is 0 Å². The summed E-state index contributed by atoms with van der Waals surface area (Å²) >= 11 is 5.67. The smallest absolute Gasteiger partial charge is 0.177 e. The van der Waals surface area contributed by atoms with Gasteiger partial charge < -0.3 is 19.5 Å². The molecule has 180 valence electrons. The van der Waals surface area contributed by atoms with Gasteiger partial charge in [-0.15, -0.1) is 0 Å². The summed E-state index contributed by atoms with van der Waals surface area (Å²) in [5.74, 6) is 2.75. The van der Waals surface area contributed by atoms with Crippen LogP contribution in [0, 0.1) is 5.92 Å². The summed E-state index contributed by atoms with van der Waals surface area (Å²) in [4.78, 5) is 7.06. The third kappa shape index (κ3) is 5.17. The summed E-state index contributed by atoms with van der Waals surface area (Å²) in [6, 6.07) is 23.0. The Bertz CT molecular complexity index is 1350. The van der Waals surface area contributed by atoms with Gasteiger partial charge in [0.25, 0.3) is 0 Å². The van der Waals surface area contributed by atoms with Crippen LogP contribution in [0.1, 0.15) is 37.2 Å². The van der Waals surface area contributed by atoms with Gasteiger partial charge in [0.1, 0.15) is 11.6 Å². The van der Waals surface area contributed by atoms with Gasteiger partial charge in [0.15, 0.2) is 5.11 Å². The van der Waals surface area contributed by atoms with Gasteiger partial charge in [-0.05, 0) is 72.1 Å². The van der Waals surface area contributed by atoms with Crippen LogP contribution in [-0.4, -0.2) is 28.3 Å². The number of hydrogen-bond donors (Lipinski definition) is 1. The summed E-state index contributed by atoms with van der Waals surface area (Å²) in [7, 11) is 1.98. The van der Waals surface area contributed by atoms with Gasteiger partial charge in [-0.3, -0.25) is 0 Å². The molecule has 5 nitrogen and oxygen atoms in total. The van der Waals surface area contributed by atoms with E-state index >= 15 is 0 Å². The van der Waals surface area contributed by atoms with Crippen molar-refractivity contribution in [3.8, 4) is 5.75 Å². The lowest BCUT2D eigenvalue weighted by Gasteiger charge is -2.21. The molecule has 1 N–H and O–H groups in total. The molecule has 0 radical (unpaired) electrons. The molecular weight excluding hydrogens is 452 g/mol. The van der Waals surface area contributed by atoms with Crippen molar-refractivity contribution in [2.24, 2.45) is 5.92 Å². The van der Waals surface area contributed by atoms with E-state index in [0.717, 1.165) is 66.4 Å². The molecule has 0 spiro atoms. The first-order valence-electron chi connectivity index (χ1n) is 12.3. The highest BCUT2D eigenvalue weighted by molar-refractivity contribution is 7.80. The van der Waals surface area contributed by atoms with Crippen LogP contribution in [0.3, 0.4) is 0 Å². The molecule has 0 unspecified atom stereocenters. The molecule has 5 rings (SSSR count). The van der Waals surface area contributed by atoms with Crippen LogP contribution in [-0.2, 0) is 19.4 Å². The number of hydrogen-bond acceptors (Lipinski definition) is 3. The van der Waals surface area contributed by atoms with Crippen molar-refractivity contribution in [2.45, 2.75) is 39.7 Å². The van der Waals surface area contributed by atoms with Crippen LogP contribution in [0.2, 0.25) is 0 Å². The molecule has 0 bridgehead atoms. The molecule has 0 atom stereocenters. The molecule has 3 aromatic carbocycles. The number of aromatic nitrogens is 2. The maximum absolute atomic E-state index is 5.69. The van der Waals surface area contributed by atoms with Gasteiger partial charge >= 0.3 is 0 Å². The molecule has 4 aromatic rings. The number of para-hydroxylation sites is 1. The lowest BCUT2D eigenvalue weighted by Crippen LogP contribution is -2.30. The fourth-order valence-corrected chi connectivity index (χ4v) is 4.76. The predicted molar refractivity (Wildman–Crippen MR) is 149 cm³/mol. The Labute approximate surface area is 212 Å². The number of nitrogens with one attached hydrogen (secondary N) is 1. The van der Waals surface area contributed by atoms with E-state index in [-0.39, 0.29) is 0 Å². The highest BCUT2D eigenvalue weighted by Gasteiger charge is 2.16. The quantitative estimate of drug-likeness (QED) is 0.306. The lowest BCUT2D eigenvalue weighted by molar-refractivity contribution is 0.357. The molecular formula is C29H32N4OS. The van der Waals surface area contributed by atoms with Crippen LogP contribution in [0.15, 0.2) is 66.7 Å². The van der Waals surface area contributed by atoms with Gasteiger partial charge in [0.05, 0.1) is 17.6 Å². The minimum atomic E-state index is 0.629. The Kier molecular flexibility index (Phi) is 6.73. The first kappa shape index (κ1) is 23.4. The topological polar surface area (TPSA) is 42.3 Å². The number of nitrogens with zero attached hydrogens (tertiary/aromatic N) is 3. The van der Waals surface area contributed by atoms with Crippen LogP contribution >= 0.6 is 12.2 Å². The average Bonchev–Trinajstić information content (AvgIpc) is 3.46. The van der Waals surface area contributed by atoms with Crippen molar-refractivity contribution in [3.63, 3.8) is 0 Å². The Morgan fingerprint density at radius 1 is 1.11 bits per heavy atom. The van der Waals surface area contributed by atoms with Crippen LogP contribution in [0.4, 0.5) is 11.4 Å². The normalized spacial score (nSPS) is 12.6. The number of ether oxygens (including phenoxy) is 1. The van der Waals surface area contributed by atoms with E-state index in [0.29, 0.717) is 11.0 Å². The molecule has 6 heteroatoms. The molecule has 1 aliphatic heterocycles. The van der Waals surface area contributed by atoms with Gasteiger partial charge in [-0.25, -0.2) is 4.98 Å². The van der Waals surface area contributed by atoms with E-state index in [2.05, 4.69) is 60.1 Å². The van der Waals surface area contributed by atoms with Crippen molar-refractivity contribution in [1.29, 1.82) is 0 Å². The largest absolute Gasteiger partial charge is 0.493 e. The number of imidazole rings is 1. The minimum Gasteiger partial charge on any atom is -0.493 e. The fourth-order valence-electron chi connectivity index (χ4n) is 4.54. The van der Waals surface area contributed by atoms with E-state index in [4.69, 9.17) is 21.9 Å². The standard InChI is InChI=1S/C29H32N4OS/c1-20(2)13-15-33-26-11-10-23(30-29(35)32(3)24-7-5-4-6-8-24)19-25(26)31-28(33)18-21-9-12-27-22(17-21)14-16-34-27/h4-12,17,19-20H,13-16,18H2,1-3H3,(H,30,35). The van der Waals surface area contributed by atoms with Gasteiger partial charge in [-0.1, -0.05) is 44.2 Å². The van der Waals surface area contributed by atoms with E-state index in [1.807, 2.05) is 42.3 Å². The van der Waals surface area contributed by atoms with Gasteiger partial charge in [0.2, 0.25) is 0 Å². The summed E-state index contributed by atoms with van der Waals surface area (Å²) in [6.07, 6.45) is 2.90. The first-order valence-corrected chi connectivity index (χ1v) is 12.7. The number of fused-ring (bicyclic) bond motifs is 2. The predicted octanol–water partition coefficient (Wildman–Crippen LogP) is 6.44. The Morgan fingerprint density at radius 2 is 1.94 bits per heavy atom. The molecule has 0 amide bonds. The molecule has 0 saturated heterocycles. The van der Waals surface area contributed by atoms with E-state index < -0.39 is 0 Å². The second kappa shape index (κ2) is 10.1. The Balaban J connectivity index is 1.42. The zero-order valence-corrected chi connectivity index (χ0v) is 21.4. The number of thiocarbonyl (C=S) groups is 1. The number of rotatable bonds is 7. The average molecular weight is 485 g/mol. The number of benzene rings is 3.